The van der Waals surface area contributed by atoms with Crippen LogP contribution < -0.4 is 11.5 Å². The minimum Gasteiger partial charge on any atom is -0.507 e. The highest BCUT2D eigenvalue weighted by atomic mass is 16.3. The van der Waals surface area contributed by atoms with Gasteiger partial charge in [0.2, 0.25) is 5.78 Å². The largest absolute Gasteiger partial charge is 0.507 e. The Morgan fingerprint density at radius 3 is 2.16 bits per heavy atom. The standard InChI is InChI=1S/C26H31N3O2/c1-6-7-20-25(30)19(12-18-8-9-21(27)15(3)14(18)2)13-24(26(20)31)29-23-11-10-22(28)16(4)17(23)5/h8-11,13,30H,6-7,12,27-28H2,1-5H3. The van der Waals surface area contributed by atoms with Gasteiger partial charge in [-0.05, 0) is 86.2 Å². The molecule has 1 aliphatic carbocycles. The first-order valence-electron chi connectivity index (χ1n) is 10.6. The Hall–Kier alpha value is -3.34. The molecule has 0 unspecified atom stereocenters. The molecule has 31 heavy (non-hydrogen) atoms. The molecular weight excluding hydrogens is 386 g/mol. The van der Waals surface area contributed by atoms with E-state index in [9.17, 15) is 9.90 Å². The first-order chi connectivity index (χ1) is 14.6. The molecule has 5 nitrogen and oxygen atoms in total. The Morgan fingerprint density at radius 2 is 1.52 bits per heavy atom. The molecule has 0 saturated heterocycles. The molecule has 0 spiro atoms. The van der Waals surface area contributed by atoms with Crippen LogP contribution in [0.25, 0.3) is 0 Å². The fraction of sp³-hybridized carbons (Fsp3) is 0.308. The van der Waals surface area contributed by atoms with Crippen molar-refractivity contribution in [3.05, 3.63) is 75.1 Å². The molecule has 0 saturated carbocycles. The number of nitrogen functional groups attached to an aromatic ring is 2. The fourth-order valence-electron chi connectivity index (χ4n) is 3.83. The predicted octanol–water partition coefficient (Wildman–Crippen LogP) is 5.52. The summed E-state index contributed by atoms with van der Waals surface area (Å²) in [5.74, 6) is -0.146. The number of nitrogens with zero attached hydrogens (tertiary/aromatic N) is 1. The van der Waals surface area contributed by atoms with E-state index in [1.165, 1.54) is 0 Å². The van der Waals surface area contributed by atoms with Gasteiger partial charge in [-0.2, -0.15) is 0 Å². The topological polar surface area (TPSA) is 102 Å². The maximum absolute atomic E-state index is 13.1. The summed E-state index contributed by atoms with van der Waals surface area (Å²) < 4.78 is 0. The van der Waals surface area contributed by atoms with E-state index in [1.54, 1.807) is 12.1 Å². The first-order valence-corrected chi connectivity index (χ1v) is 10.6. The van der Waals surface area contributed by atoms with Crippen molar-refractivity contribution in [3.63, 3.8) is 0 Å². The van der Waals surface area contributed by atoms with Gasteiger partial charge in [-0.25, -0.2) is 4.99 Å². The highest BCUT2D eigenvalue weighted by Gasteiger charge is 2.27. The van der Waals surface area contributed by atoms with Gasteiger partial charge in [-0.3, -0.25) is 4.79 Å². The van der Waals surface area contributed by atoms with Crippen molar-refractivity contribution in [1.82, 2.24) is 0 Å². The normalized spacial score (nSPS) is 15.6. The van der Waals surface area contributed by atoms with Crippen molar-refractivity contribution in [2.75, 3.05) is 11.5 Å². The summed E-state index contributed by atoms with van der Waals surface area (Å²) in [7, 11) is 0. The molecule has 0 bridgehead atoms. The second-order valence-electron chi connectivity index (χ2n) is 8.24. The van der Waals surface area contributed by atoms with E-state index < -0.39 is 0 Å². The van der Waals surface area contributed by atoms with Crippen LogP contribution in [0.3, 0.4) is 0 Å². The van der Waals surface area contributed by atoms with Gasteiger partial charge in [0.05, 0.1) is 5.69 Å². The third-order valence-electron chi connectivity index (χ3n) is 6.27. The molecule has 2 aromatic rings. The lowest BCUT2D eigenvalue weighted by Gasteiger charge is -2.20. The average Bonchev–Trinajstić information content (AvgIpc) is 2.74. The first kappa shape index (κ1) is 22.3. The number of hydrogen-bond donors (Lipinski definition) is 3. The molecule has 0 heterocycles. The van der Waals surface area contributed by atoms with Gasteiger partial charge in [0, 0.05) is 28.9 Å². The molecule has 0 fully saturated rings. The van der Waals surface area contributed by atoms with Crippen molar-refractivity contribution < 1.29 is 9.90 Å². The number of aliphatic hydroxyl groups excluding tert-OH is 1. The lowest BCUT2D eigenvalue weighted by atomic mass is 9.87. The zero-order valence-electron chi connectivity index (χ0n) is 19.0. The van der Waals surface area contributed by atoms with Gasteiger partial charge in [0.15, 0.2) is 0 Å². The number of hydrogen-bond acceptors (Lipinski definition) is 5. The number of Topliss-reactive ketones (excluding diaryl/α,β-unsaturated/α-hetero) is 1. The quantitative estimate of drug-likeness (QED) is 0.440. The van der Waals surface area contributed by atoms with Crippen LogP contribution in [0.5, 0.6) is 0 Å². The molecule has 162 valence electrons. The van der Waals surface area contributed by atoms with Crippen LogP contribution in [-0.4, -0.2) is 16.6 Å². The van der Waals surface area contributed by atoms with Crippen LogP contribution in [0.2, 0.25) is 0 Å². The monoisotopic (exact) mass is 417 g/mol. The number of carbonyl (C=O) groups is 1. The van der Waals surface area contributed by atoms with Crippen molar-refractivity contribution >= 4 is 28.6 Å². The summed E-state index contributed by atoms with van der Waals surface area (Å²) in [6.45, 7) is 9.90. The van der Waals surface area contributed by atoms with Gasteiger partial charge in [-0.1, -0.05) is 19.4 Å². The maximum Gasteiger partial charge on any atom is 0.211 e. The summed E-state index contributed by atoms with van der Waals surface area (Å²) in [6.07, 6.45) is 3.47. The Kier molecular flexibility index (Phi) is 6.34. The van der Waals surface area contributed by atoms with Crippen LogP contribution in [0.4, 0.5) is 17.1 Å². The fourth-order valence-corrected chi connectivity index (χ4v) is 3.83. The molecule has 2 aromatic carbocycles. The number of aliphatic hydroxyl groups is 1. The Bertz CT molecular complexity index is 1150. The van der Waals surface area contributed by atoms with Crippen LogP contribution >= 0.6 is 0 Å². The van der Waals surface area contributed by atoms with E-state index in [1.807, 2.05) is 52.8 Å². The molecule has 0 amide bonds. The van der Waals surface area contributed by atoms with Crippen LogP contribution in [0.15, 0.2) is 52.2 Å². The third kappa shape index (κ3) is 4.26. The van der Waals surface area contributed by atoms with Gasteiger partial charge in [-0.15, -0.1) is 0 Å². The van der Waals surface area contributed by atoms with Crippen molar-refractivity contribution in [2.24, 2.45) is 4.99 Å². The molecule has 5 heteroatoms. The molecule has 3 rings (SSSR count). The van der Waals surface area contributed by atoms with Crippen LogP contribution in [0.1, 0.15) is 47.6 Å². The van der Waals surface area contributed by atoms with Crippen molar-refractivity contribution in [3.8, 4) is 0 Å². The van der Waals surface area contributed by atoms with Gasteiger partial charge in [0.25, 0.3) is 0 Å². The van der Waals surface area contributed by atoms with E-state index in [0.29, 0.717) is 41.1 Å². The van der Waals surface area contributed by atoms with Crippen LogP contribution in [0, 0.1) is 27.7 Å². The zero-order chi connectivity index (χ0) is 22.9. The lowest BCUT2D eigenvalue weighted by molar-refractivity contribution is -0.110. The summed E-state index contributed by atoms with van der Waals surface area (Å²) in [6, 6.07) is 7.50. The molecular formula is C26H31N3O2. The van der Waals surface area contributed by atoms with E-state index in [4.69, 9.17) is 11.5 Å². The Labute approximate surface area is 184 Å². The zero-order valence-corrected chi connectivity index (χ0v) is 19.0. The Morgan fingerprint density at radius 1 is 0.903 bits per heavy atom. The van der Waals surface area contributed by atoms with Crippen LogP contribution in [-0.2, 0) is 11.2 Å². The summed E-state index contributed by atoms with van der Waals surface area (Å²) in [5, 5.41) is 10.9. The van der Waals surface area contributed by atoms with Crippen molar-refractivity contribution in [1.29, 1.82) is 0 Å². The maximum atomic E-state index is 13.1. The van der Waals surface area contributed by atoms with E-state index in [-0.39, 0.29) is 11.5 Å². The molecule has 0 aliphatic heterocycles. The summed E-state index contributed by atoms with van der Waals surface area (Å²) in [5.41, 5.74) is 20.7. The second-order valence-corrected chi connectivity index (χ2v) is 8.24. The highest BCUT2D eigenvalue weighted by Crippen LogP contribution is 2.31. The predicted molar refractivity (Wildman–Crippen MR) is 129 cm³/mol. The molecule has 0 radical (unpaired) electrons. The number of carbonyl (C=O) groups excluding carboxylic acids is 1. The molecule has 0 atom stereocenters. The number of nitrogens with two attached hydrogens (primary N) is 2. The third-order valence-corrected chi connectivity index (χ3v) is 6.27. The number of anilines is 2. The molecule has 5 N–H and O–H groups in total. The summed E-state index contributed by atoms with van der Waals surface area (Å²) in [4.78, 5) is 17.8. The SMILES string of the molecule is CCCC1=C(O)C(Cc2ccc(N)c(C)c2C)=CC(=Nc2ccc(N)c(C)c2C)C1=O. The van der Waals surface area contributed by atoms with E-state index in [2.05, 4.69) is 4.99 Å². The summed E-state index contributed by atoms with van der Waals surface area (Å²) >= 11 is 0. The number of benzene rings is 2. The van der Waals surface area contributed by atoms with Crippen molar-refractivity contribution in [2.45, 2.75) is 53.9 Å². The van der Waals surface area contributed by atoms with Gasteiger partial charge < -0.3 is 16.6 Å². The van der Waals surface area contributed by atoms with Gasteiger partial charge >= 0.3 is 0 Å². The highest BCUT2D eigenvalue weighted by molar-refractivity contribution is 6.51. The molecule has 0 aromatic heterocycles. The molecule has 1 aliphatic rings. The number of ketones is 1. The average molecular weight is 418 g/mol. The smallest absolute Gasteiger partial charge is 0.211 e. The lowest BCUT2D eigenvalue weighted by Crippen LogP contribution is -2.22. The minimum absolute atomic E-state index is 0.0740. The number of aliphatic imine (C=N–C) groups is 1. The van der Waals surface area contributed by atoms with Gasteiger partial charge in [0.1, 0.15) is 11.5 Å². The minimum atomic E-state index is -0.220. The second kappa shape index (κ2) is 8.80. The number of allylic oxidation sites excluding steroid dienone is 3. The van der Waals surface area contributed by atoms with E-state index >= 15 is 0 Å². The number of rotatable bonds is 5. The Balaban J connectivity index is 2.11. The van der Waals surface area contributed by atoms with E-state index in [0.717, 1.165) is 39.9 Å².